The first-order valence-corrected chi connectivity index (χ1v) is 5.91. The van der Waals surface area contributed by atoms with Crippen molar-refractivity contribution in [2.45, 2.75) is 6.54 Å². The fourth-order valence-electron chi connectivity index (χ4n) is 2.00. The van der Waals surface area contributed by atoms with Crippen molar-refractivity contribution in [1.29, 1.82) is 0 Å². The van der Waals surface area contributed by atoms with Gasteiger partial charge in [-0.3, -0.25) is 0 Å². The first-order valence-electron chi connectivity index (χ1n) is 5.91. The zero-order valence-corrected chi connectivity index (χ0v) is 10.9. The summed E-state index contributed by atoms with van der Waals surface area (Å²) in [4.78, 5) is 0. The largest absolute Gasteiger partial charge is 0.496 e. The van der Waals surface area contributed by atoms with Crippen LogP contribution in [0.4, 0.5) is 4.39 Å². The molecule has 100 valence electrons. The van der Waals surface area contributed by atoms with Crippen molar-refractivity contribution in [2.24, 2.45) is 5.73 Å². The molecule has 0 aliphatic rings. The number of ether oxygens (including phenoxy) is 2. The van der Waals surface area contributed by atoms with Gasteiger partial charge in [0.2, 0.25) is 0 Å². The molecule has 0 fully saturated rings. The lowest BCUT2D eigenvalue weighted by molar-refractivity contribution is 0.387. The molecule has 0 radical (unpaired) electrons. The first-order chi connectivity index (χ1) is 9.21. The van der Waals surface area contributed by atoms with E-state index >= 15 is 0 Å². The predicted molar refractivity (Wildman–Crippen MR) is 72.8 cm³/mol. The Morgan fingerprint density at radius 2 is 1.79 bits per heavy atom. The van der Waals surface area contributed by atoms with Gasteiger partial charge in [0.25, 0.3) is 0 Å². The van der Waals surface area contributed by atoms with E-state index in [0.717, 1.165) is 11.1 Å². The number of hydrogen-bond acceptors (Lipinski definition) is 3. The van der Waals surface area contributed by atoms with Crippen molar-refractivity contribution in [2.75, 3.05) is 14.2 Å². The smallest absolute Gasteiger partial charge is 0.172 e. The van der Waals surface area contributed by atoms with Crippen molar-refractivity contribution in [1.82, 2.24) is 0 Å². The number of methoxy groups -OCH3 is 2. The summed E-state index contributed by atoms with van der Waals surface area (Å²) in [5.74, 6) is 0.551. The summed E-state index contributed by atoms with van der Waals surface area (Å²) in [6.07, 6.45) is 0. The normalized spacial score (nSPS) is 10.3. The van der Waals surface area contributed by atoms with E-state index < -0.39 is 0 Å². The topological polar surface area (TPSA) is 44.5 Å². The van der Waals surface area contributed by atoms with E-state index in [0.29, 0.717) is 17.9 Å². The SMILES string of the molecule is COc1ccc(-c2cccc(OC)c2F)cc1CN. The minimum absolute atomic E-state index is 0.225. The highest BCUT2D eigenvalue weighted by atomic mass is 19.1. The number of rotatable bonds is 4. The maximum Gasteiger partial charge on any atom is 0.172 e. The molecule has 2 aromatic carbocycles. The average Bonchev–Trinajstić information content (AvgIpc) is 2.46. The van der Waals surface area contributed by atoms with E-state index in [1.54, 1.807) is 37.4 Å². The van der Waals surface area contributed by atoms with Crippen LogP contribution in [0.15, 0.2) is 36.4 Å². The molecule has 0 heterocycles. The van der Waals surface area contributed by atoms with Gasteiger partial charge in [0.15, 0.2) is 11.6 Å². The quantitative estimate of drug-likeness (QED) is 0.920. The van der Waals surface area contributed by atoms with Gasteiger partial charge in [0, 0.05) is 17.7 Å². The minimum Gasteiger partial charge on any atom is -0.496 e. The summed E-state index contributed by atoms with van der Waals surface area (Å²) in [5, 5.41) is 0. The third-order valence-electron chi connectivity index (χ3n) is 2.99. The molecule has 0 saturated carbocycles. The van der Waals surface area contributed by atoms with Gasteiger partial charge in [-0.15, -0.1) is 0 Å². The zero-order chi connectivity index (χ0) is 13.8. The molecule has 0 aliphatic carbocycles. The van der Waals surface area contributed by atoms with Crippen LogP contribution in [-0.4, -0.2) is 14.2 Å². The molecule has 0 aromatic heterocycles. The van der Waals surface area contributed by atoms with Crippen molar-refractivity contribution in [3.63, 3.8) is 0 Å². The van der Waals surface area contributed by atoms with E-state index in [2.05, 4.69) is 0 Å². The van der Waals surface area contributed by atoms with Crippen LogP contribution in [0.25, 0.3) is 11.1 Å². The van der Waals surface area contributed by atoms with Crippen LogP contribution in [0.5, 0.6) is 11.5 Å². The van der Waals surface area contributed by atoms with Crippen LogP contribution in [-0.2, 0) is 6.54 Å². The molecule has 0 aliphatic heterocycles. The summed E-state index contributed by atoms with van der Waals surface area (Å²) >= 11 is 0. The van der Waals surface area contributed by atoms with Crippen LogP contribution < -0.4 is 15.2 Å². The van der Waals surface area contributed by atoms with E-state index in [1.807, 2.05) is 6.07 Å². The predicted octanol–water partition coefficient (Wildman–Crippen LogP) is 2.97. The molecular weight excluding hydrogens is 245 g/mol. The number of benzene rings is 2. The Bertz CT molecular complexity index is 584. The van der Waals surface area contributed by atoms with E-state index in [4.69, 9.17) is 15.2 Å². The van der Waals surface area contributed by atoms with Crippen molar-refractivity contribution < 1.29 is 13.9 Å². The molecule has 0 spiro atoms. The monoisotopic (exact) mass is 261 g/mol. The second-order valence-corrected chi connectivity index (χ2v) is 4.05. The maximum atomic E-state index is 14.2. The molecule has 0 saturated heterocycles. The minimum atomic E-state index is -0.377. The van der Waals surface area contributed by atoms with Crippen LogP contribution >= 0.6 is 0 Å². The second-order valence-electron chi connectivity index (χ2n) is 4.05. The van der Waals surface area contributed by atoms with Crippen LogP contribution in [0.2, 0.25) is 0 Å². The Labute approximate surface area is 111 Å². The molecular formula is C15H16FNO2. The highest BCUT2D eigenvalue weighted by Crippen LogP contribution is 2.31. The van der Waals surface area contributed by atoms with Gasteiger partial charge in [-0.2, -0.15) is 0 Å². The van der Waals surface area contributed by atoms with Gasteiger partial charge in [0.1, 0.15) is 5.75 Å². The average molecular weight is 261 g/mol. The Kier molecular flexibility index (Phi) is 4.02. The molecule has 0 atom stereocenters. The zero-order valence-electron chi connectivity index (χ0n) is 10.9. The molecule has 2 aromatic rings. The Morgan fingerprint density at radius 3 is 2.42 bits per heavy atom. The molecule has 0 unspecified atom stereocenters. The van der Waals surface area contributed by atoms with E-state index in [1.165, 1.54) is 7.11 Å². The standard InChI is InChI=1S/C15H16FNO2/c1-18-13-7-6-10(8-11(13)9-17)12-4-3-5-14(19-2)15(12)16/h3-8H,9,17H2,1-2H3. The Balaban J connectivity index is 2.53. The molecule has 0 amide bonds. The van der Waals surface area contributed by atoms with Crippen LogP contribution in [0.3, 0.4) is 0 Å². The lowest BCUT2D eigenvalue weighted by Gasteiger charge is -2.11. The second kappa shape index (κ2) is 5.71. The lowest BCUT2D eigenvalue weighted by Crippen LogP contribution is -2.00. The summed E-state index contributed by atoms with van der Waals surface area (Å²) in [6, 6.07) is 10.5. The van der Waals surface area contributed by atoms with Crippen molar-refractivity contribution in [3.05, 3.63) is 47.8 Å². The van der Waals surface area contributed by atoms with Crippen LogP contribution in [0.1, 0.15) is 5.56 Å². The van der Waals surface area contributed by atoms with Gasteiger partial charge in [-0.1, -0.05) is 18.2 Å². The fourth-order valence-corrected chi connectivity index (χ4v) is 2.00. The molecule has 3 nitrogen and oxygen atoms in total. The Morgan fingerprint density at radius 1 is 1.05 bits per heavy atom. The van der Waals surface area contributed by atoms with Gasteiger partial charge in [0.05, 0.1) is 14.2 Å². The number of halogens is 1. The third-order valence-corrected chi connectivity index (χ3v) is 2.99. The third kappa shape index (κ3) is 2.53. The summed E-state index contributed by atoms with van der Waals surface area (Å²) in [5.41, 5.74) is 7.74. The maximum absolute atomic E-state index is 14.2. The first kappa shape index (κ1) is 13.4. The van der Waals surface area contributed by atoms with Gasteiger partial charge in [-0.25, -0.2) is 4.39 Å². The van der Waals surface area contributed by atoms with Crippen LogP contribution in [0, 0.1) is 5.82 Å². The van der Waals surface area contributed by atoms with Gasteiger partial charge < -0.3 is 15.2 Å². The number of hydrogen-bond donors (Lipinski definition) is 1. The summed E-state index contributed by atoms with van der Waals surface area (Å²) in [6.45, 7) is 0.336. The molecule has 19 heavy (non-hydrogen) atoms. The number of nitrogens with two attached hydrogens (primary N) is 1. The highest BCUT2D eigenvalue weighted by molar-refractivity contribution is 5.68. The molecule has 4 heteroatoms. The van der Waals surface area contributed by atoms with E-state index in [9.17, 15) is 4.39 Å². The molecule has 0 bridgehead atoms. The summed E-state index contributed by atoms with van der Waals surface area (Å²) < 4.78 is 24.4. The Hall–Kier alpha value is -2.07. The van der Waals surface area contributed by atoms with Crippen molar-refractivity contribution in [3.8, 4) is 22.6 Å². The summed E-state index contributed by atoms with van der Waals surface area (Å²) in [7, 11) is 3.03. The lowest BCUT2D eigenvalue weighted by atomic mass is 10.0. The van der Waals surface area contributed by atoms with Gasteiger partial charge in [-0.05, 0) is 23.8 Å². The molecule has 2 N–H and O–H groups in total. The fraction of sp³-hybridized carbons (Fsp3) is 0.200. The van der Waals surface area contributed by atoms with Gasteiger partial charge >= 0.3 is 0 Å². The highest BCUT2D eigenvalue weighted by Gasteiger charge is 2.12. The molecule has 2 rings (SSSR count). The van der Waals surface area contributed by atoms with E-state index in [-0.39, 0.29) is 11.6 Å². The van der Waals surface area contributed by atoms with Crippen molar-refractivity contribution >= 4 is 0 Å².